The number of rotatable bonds is 10. The maximum absolute atomic E-state index is 12.2. The lowest BCUT2D eigenvalue weighted by Crippen LogP contribution is -2.66. The second kappa shape index (κ2) is 19.1. The molecule has 0 aromatic carbocycles. The van der Waals surface area contributed by atoms with Crippen LogP contribution in [0.25, 0.3) is 0 Å². The number of carbonyl (C=O) groups excluding carboxylic acids is 1. The van der Waals surface area contributed by atoms with E-state index in [4.69, 9.17) is 47.7 Å². The zero-order valence-corrected chi connectivity index (χ0v) is 39.7. The zero-order valence-electron chi connectivity index (χ0n) is 39.7. The van der Waals surface area contributed by atoms with Crippen LogP contribution < -0.4 is 0 Å². The van der Waals surface area contributed by atoms with Crippen molar-refractivity contribution in [3.05, 3.63) is 11.6 Å². The van der Waals surface area contributed by atoms with Crippen molar-refractivity contribution in [3.63, 3.8) is 0 Å². The summed E-state index contributed by atoms with van der Waals surface area (Å²) < 4.78 is 55.1. The number of carboxylic acid groups (broad SMARTS) is 1. The second-order valence-corrected chi connectivity index (χ2v) is 22.2. The predicted octanol–water partition coefficient (Wildman–Crippen LogP) is 0.586. The second-order valence-electron chi connectivity index (χ2n) is 22.2. The molecule has 20 nitrogen and oxygen atoms in total. The van der Waals surface area contributed by atoms with Crippen molar-refractivity contribution in [1.82, 2.24) is 0 Å². The van der Waals surface area contributed by atoms with Crippen molar-refractivity contribution < 1.29 is 98.2 Å². The van der Waals surface area contributed by atoms with Gasteiger partial charge in [0, 0.05) is 18.3 Å². The van der Waals surface area contributed by atoms with Gasteiger partial charge in [0.05, 0.1) is 31.0 Å². The van der Waals surface area contributed by atoms with Gasteiger partial charge in [-0.05, 0) is 99.7 Å². The zero-order chi connectivity index (χ0) is 48.9. The van der Waals surface area contributed by atoms with Gasteiger partial charge in [0.25, 0.3) is 0 Å². The first-order chi connectivity index (χ1) is 32.1. The van der Waals surface area contributed by atoms with Crippen LogP contribution >= 0.6 is 0 Å². The SMILES string of the molecule is C[C@@H]1CC[C@@]2(O[C@H]1O)O[C@H]1C[C@H]3[C@@H]4CC=C5C[C@@H](O[C@@H]6O[C@H](CO)[C@@H](O[C@@H]7O[C@@H](C)[C@H](O)[C@@H](O)[C@H]7O)[C@H](O)[C@H]6O[C@@H]6O[C@@H](C)[C@H](OC(=O)CC(=O)O)[C@@H](O)[C@H]6O)CC[C@]5(C)[C@H]4CC[C@]3(C)[C@H]1[C@@H]2C. The third-order valence-electron chi connectivity index (χ3n) is 18.3. The molecule has 68 heavy (non-hydrogen) atoms. The quantitative estimate of drug-likeness (QED) is 0.0822. The van der Waals surface area contributed by atoms with Gasteiger partial charge in [-0.25, -0.2) is 0 Å². The molecule has 0 unspecified atom stereocenters. The van der Waals surface area contributed by atoms with Gasteiger partial charge in [-0.15, -0.1) is 0 Å². The van der Waals surface area contributed by atoms with E-state index < -0.39 is 135 Å². The highest BCUT2D eigenvalue weighted by molar-refractivity contribution is 5.90. The number of aliphatic hydroxyl groups is 8. The molecule has 9 aliphatic rings. The van der Waals surface area contributed by atoms with Crippen LogP contribution in [-0.2, 0) is 52.2 Å². The maximum Gasteiger partial charge on any atom is 0.317 e. The fourth-order valence-electron chi connectivity index (χ4n) is 14.5. The summed E-state index contributed by atoms with van der Waals surface area (Å²) in [6.45, 7) is 11.3. The summed E-state index contributed by atoms with van der Waals surface area (Å²) in [5, 5.41) is 96.5. The molecule has 0 bridgehead atoms. The first-order valence-corrected chi connectivity index (χ1v) is 24.9. The average Bonchev–Trinajstić information content (AvgIpc) is 3.73. The standard InChI is InChI=1S/C48H74O20/c1-19-9-14-48(68-42(19)59)20(2)32-28(67-48)16-27-25-8-7-23-15-24(10-12-46(23,5)26(25)11-13-47(27,32)6)62-45-41(66-44-37(57)35(55)39(22(4)61-44)64-31(52)17-30(50)51)38(58)40(29(18-49)63-45)65-43-36(56)34(54)33(53)21(3)60-43/h7,19-22,24-29,32-45,49,53-59H,8-18H2,1-6H3,(H,50,51)/t19-,20+,21+,22+,24+,25-,26+,27+,28+,29-,32+,33+,34-,35+,36-,37-,38+,39+,40-,41-,42-,43+,44+,45-,46+,47+,48+/m1/s1. The minimum atomic E-state index is -1.90. The summed E-state index contributed by atoms with van der Waals surface area (Å²) in [7, 11) is 0. The smallest absolute Gasteiger partial charge is 0.317 e. The lowest BCUT2D eigenvalue weighted by Gasteiger charge is -2.59. The van der Waals surface area contributed by atoms with Gasteiger partial charge in [0.15, 0.2) is 37.1 Å². The highest BCUT2D eigenvalue weighted by Crippen LogP contribution is 2.71. The van der Waals surface area contributed by atoms with Gasteiger partial charge in [-0.1, -0.05) is 39.3 Å². The monoisotopic (exact) mass is 970 g/mol. The summed E-state index contributed by atoms with van der Waals surface area (Å²) in [6.07, 6.45) is -15.3. The maximum atomic E-state index is 12.2. The molecule has 5 saturated heterocycles. The number of esters is 1. The molecular formula is C48H74O20. The molecule has 9 rings (SSSR count). The molecular weight excluding hydrogens is 897 g/mol. The Bertz CT molecular complexity index is 1870. The lowest BCUT2D eigenvalue weighted by molar-refractivity contribution is -0.388. The summed E-state index contributed by atoms with van der Waals surface area (Å²) in [5.41, 5.74) is 1.24. The molecule has 0 aromatic heterocycles. The number of hydrogen-bond donors (Lipinski definition) is 9. The molecule has 0 amide bonds. The molecule has 5 aliphatic heterocycles. The van der Waals surface area contributed by atoms with E-state index >= 15 is 0 Å². The molecule has 3 saturated carbocycles. The Morgan fingerprint density at radius 1 is 0.721 bits per heavy atom. The van der Waals surface area contributed by atoms with Crippen LogP contribution in [0.2, 0.25) is 0 Å². The Kier molecular flexibility index (Phi) is 14.3. The number of carbonyl (C=O) groups is 2. The largest absolute Gasteiger partial charge is 0.481 e. The minimum Gasteiger partial charge on any atom is -0.481 e. The lowest BCUT2D eigenvalue weighted by atomic mass is 9.47. The number of aliphatic carboxylic acids is 1. The fourth-order valence-corrected chi connectivity index (χ4v) is 14.5. The molecule has 386 valence electrons. The van der Waals surface area contributed by atoms with E-state index in [0.29, 0.717) is 36.5 Å². The number of allylic oxidation sites excluding steroid dienone is 1. The molecule has 5 heterocycles. The average molecular weight is 971 g/mol. The number of fused-ring (bicyclic) bond motifs is 7. The summed E-state index contributed by atoms with van der Waals surface area (Å²) in [4.78, 5) is 23.3. The van der Waals surface area contributed by atoms with Crippen molar-refractivity contribution in [2.45, 2.75) is 222 Å². The highest BCUT2D eigenvalue weighted by Gasteiger charge is 2.69. The number of ether oxygens (including phenoxy) is 9. The molecule has 4 aliphatic carbocycles. The summed E-state index contributed by atoms with van der Waals surface area (Å²) >= 11 is 0. The van der Waals surface area contributed by atoms with Gasteiger partial charge >= 0.3 is 11.9 Å². The van der Waals surface area contributed by atoms with Crippen molar-refractivity contribution in [1.29, 1.82) is 0 Å². The van der Waals surface area contributed by atoms with Crippen LogP contribution in [-0.4, -0.2) is 181 Å². The van der Waals surface area contributed by atoms with Crippen LogP contribution in [0.1, 0.15) is 106 Å². The van der Waals surface area contributed by atoms with Crippen molar-refractivity contribution >= 4 is 11.9 Å². The molecule has 0 aromatic rings. The van der Waals surface area contributed by atoms with Gasteiger partial charge < -0.3 is 88.6 Å². The van der Waals surface area contributed by atoms with Gasteiger partial charge in [-0.3, -0.25) is 9.59 Å². The van der Waals surface area contributed by atoms with E-state index in [0.717, 1.165) is 44.9 Å². The Hall–Kier alpha value is -1.96. The minimum absolute atomic E-state index is 0.0722. The van der Waals surface area contributed by atoms with E-state index in [9.17, 15) is 50.4 Å². The molecule has 20 heteroatoms. The van der Waals surface area contributed by atoms with E-state index in [2.05, 4.69) is 26.8 Å². The van der Waals surface area contributed by atoms with Crippen molar-refractivity contribution in [3.8, 4) is 0 Å². The molecule has 8 fully saturated rings. The first kappa shape index (κ1) is 51.0. The van der Waals surface area contributed by atoms with Crippen LogP contribution in [0.4, 0.5) is 0 Å². The van der Waals surface area contributed by atoms with Crippen LogP contribution in [0, 0.1) is 46.3 Å². The Labute approximate surface area is 396 Å². The van der Waals surface area contributed by atoms with Crippen molar-refractivity contribution in [2.24, 2.45) is 46.3 Å². The van der Waals surface area contributed by atoms with Gasteiger partial charge in [0.1, 0.15) is 61.4 Å². The van der Waals surface area contributed by atoms with E-state index in [1.165, 1.54) is 19.4 Å². The molecule has 27 atom stereocenters. The third kappa shape index (κ3) is 8.70. The Balaban J connectivity index is 0.917. The van der Waals surface area contributed by atoms with Crippen LogP contribution in [0.3, 0.4) is 0 Å². The van der Waals surface area contributed by atoms with Crippen LogP contribution in [0.5, 0.6) is 0 Å². The highest BCUT2D eigenvalue weighted by atomic mass is 16.8. The Morgan fingerprint density at radius 2 is 1.41 bits per heavy atom. The predicted molar refractivity (Wildman–Crippen MR) is 230 cm³/mol. The fraction of sp³-hybridized carbons (Fsp3) is 0.917. The first-order valence-electron chi connectivity index (χ1n) is 24.9. The third-order valence-corrected chi connectivity index (χ3v) is 18.3. The normalized spacial score (nSPS) is 54.5. The molecule has 1 spiro atoms. The molecule has 0 radical (unpaired) electrons. The number of aliphatic hydroxyl groups excluding tert-OH is 8. The van der Waals surface area contributed by atoms with E-state index in [1.54, 1.807) is 0 Å². The van der Waals surface area contributed by atoms with Crippen molar-refractivity contribution in [2.75, 3.05) is 6.61 Å². The topological polar surface area (TPSA) is 299 Å². The summed E-state index contributed by atoms with van der Waals surface area (Å²) in [6, 6.07) is 0. The Morgan fingerprint density at radius 3 is 2.10 bits per heavy atom. The van der Waals surface area contributed by atoms with Gasteiger partial charge in [-0.2, -0.15) is 0 Å². The number of hydrogen-bond acceptors (Lipinski definition) is 19. The van der Waals surface area contributed by atoms with Gasteiger partial charge in [0.2, 0.25) is 0 Å². The molecule has 9 N–H and O–H groups in total. The summed E-state index contributed by atoms with van der Waals surface area (Å²) in [5.74, 6) is -1.43. The van der Waals surface area contributed by atoms with E-state index in [1.807, 2.05) is 6.92 Å². The number of carboxylic acids is 1. The van der Waals surface area contributed by atoms with E-state index in [-0.39, 0.29) is 28.8 Å². The van der Waals surface area contributed by atoms with Crippen LogP contribution in [0.15, 0.2) is 11.6 Å².